The van der Waals surface area contributed by atoms with E-state index in [1.165, 1.54) is 16.7 Å². The highest BCUT2D eigenvalue weighted by Crippen LogP contribution is 2.50. The van der Waals surface area contributed by atoms with Crippen molar-refractivity contribution in [1.82, 2.24) is 10.3 Å². The molecule has 3 aliphatic rings. The van der Waals surface area contributed by atoms with E-state index in [0.29, 0.717) is 17.4 Å². The molecule has 0 radical (unpaired) electrons. The van der Waals surface area contributed by atoms with E-state index in [1.54, 1.807) is 7.11 Å². The summed E-state index contributed by atoms with van der Waals surface area (Å²) >= 11 is 0. The Kier molecular flexibility index (Phi) is 7.66. The van der Waals surface area contributed by atoms with Gasteiger partial charge in [-0.3, -0.25) is 9.69 Å². The highest BCUT2D eigenvalue weighted by Gasteiger charge is 2.38. The first-order valence-corrected chi connectivity index (χ1v) is 14.0. The first-order chi connectivity index (χ1) is 19.6. The van der Waals surface area contributed by atoms with Crippen LogP contribution in [0.2, 0.25) is 0 Å². The van der Waals surface area contributed by atoms with Gasteiger partial charge in [-0.15, -0.1) is 0 Å². The molecule has 0 saturated carbocycles. The number of amides is 1. The van der Waals surface area contributed by atoms with Gasteiger partial charge in [-0.25, -0.2) is 5.43 Å². The van der Waals surface area contributed by atoms with E-state index in [1.807, 2.05) is 43.3 Å². The Morgan fingerprint density at radius 1 is 1.05 bits per heavy atom. The minimum absolute atomic E-state index is 0.210. The zero-order valence-electron chi connectivity index (χ0n) is 23.1. The van der Waals surface area contributed by atoms with Crippen LogP contribution in [0.1, 0.15) is 57.9 Å². The summed E-state index contributed by atoms with van der Waals surface area (Å²) in [5, 5.41) is 8.24. The summed E-state index contributed by atoms with van der Waals surface area (Å²) < 4.78 is 10.8. The molecule has 7 nitrogen and oxygen atoms in total. The molecule has 3 aromatic rings. The van der Waals surface area contributed by atoms with Gasteiger partial charge in [0.15, 0.2) is 0 Å². The van der Waals surface area contributed by atoms with Crippen LogP contribution in [-0.4, -0.2) is 49.9 Å². The molecule has 6 rings (SSSR count). The molecule has 1 fully saturated rings. The van der Waals surface area contributed by atoms with Gasteiger partial charge >= 0.3 is 0 Å². The van der Waals surface area contributed by atoms with Crippen molar-refractivity contribution in [3.05, 3.63) is 107 Å². The van der Waals surface area contributed by atoms with Gasteiger partial charge in [-0.05, 0) is 77.9 Å². The summed E-state index contributed by atoms with van der Waals surface area (Å²) in [6.45, 7) is 6.24. The lowest BCUT2D eigenvalue weighted by molar-refractivity contribution is 0.0342. The number of allylic oxidation sites excluding steroid dienone is 2. The molecule has 1 saturated heterocycles. The number of hydrazone groups is 1. The van der Waals surface area contributed by atoms with Gasteiger partial charge in [0.1, 0.15) is 5.75 Å². The molecular weight excluding hydrogens is 500 g/mol. The van der Waals surface area contributed by atoms with E-state index in [2.05, 4.69) is 63.2 Å². The number of carbonyl (C=O) groups excluding carboxylic acids is 1. The molecule has 7 heteroatoms. The van der Waals surface area contributed by atoms with E-state index >= 15 is 0 Å². The van der Waals surface area contributed by atoms with Crippen molar-refractivity contribution < 1.29 is 14.3 Å². The lowest BCUT2D eigenvalue weighted by atomic mass is 9.76. The Morgan fingerprint density at radius 3 is 2.55 bits per heavy atom. The average Bonchev–Trinajstić information content (AvgIpc) is 3.51. The number of anilines is 1. The number of carbonyl (C=O) groups is 1. The minimum atomic E-state index is -0.210. The Morgan fingerprint density at radius 2 is 1.80 bits per heavy atom. The van der Waals surface area contributed by atoms with Crippen molar-refractivity contribution in [3.8, 4) is 5.75 Å². The summed E-state index contributed by atoms with van der Waals surface area (Å²) in [6, 6.07) is 22.8. The molecule has 2 aliphatic heterocycles. The van der Waals surface area contributed by atoms with Crippen molar-refractivity contribution in [2.24, 2.45) is 11.0 Å². The van der Waals surface area contributed by atoms with Crippen molar-refractivity contribution >= 4 is 17.3 Å². The Labute approximate surface area is 235 Å². The lowest BCUT2D eigenvalue weighted by Gasteiger charge is -2.37. The van der Waals surface area contributed by atoms with Crippen LogP contribution < -0.4 is 15.5 Å². The Bertz CT molecular complexity index is 1410. The highest BCUT2D eigenvalue weighted by molar-refractivity contribution is 6.01. The van der Waals surface area contributed by atoms with E-state index in [9.17, 15) is 4.79 Å². The molecule has 2 N–H and O–H groups in total. The smallest absolute Gasteiger partial charge is 0.271 e. The summed E-state index contributed by atoms with van der Waals surface area (Å²) in [5.74, 6) is 1.44. The fraction of sp³-hybridized carbons (Fsp3) is 0.333. The summed E-state index contributed by atoms with van der Waals surface area (Å²) in [5.41, 5.74) is 10.00. The molecular formula is C33H36N4O3. The minimum Gasteiger partial charge on any atom is -0.497 e. The molecule has 0 spiro atoms. The number of hydrogen-bond acceptors (Lipinski definition) is 6. The van der Waals surface area contributed by atoms with Gasteiger partial charge < -0.3 is 14.8 Å². The van der Waals surface area contributed by atoms with Crippen LogP contribution in [0.15, 0.2) is 84.0 Å². The molecule has 1 amide bonds. The maximum absolute atomic E-state index is 12.8. The fourth-order valence-corrected chi connectivity index (χ4v) is 6.00. The molecule has 1 aliphatic carbocycles. The second-order valence-corrected chi connectivity index (χ2v) is 10.8. The van der Waals surface area contributed by atoms with Crippen LogP contribution in [0.3, 0.4) is 0 Å². The van der Waals surface area contributed by atoms with Gasteiger partial charge in [-0.1, -0.05) is 42.5 Å². The zero-order valence-corrected chi connectivity index (χ0v) is 23.1. The number of ether oxygens (including phenoxy) is 2. The number of methoxy groups -OCH3 is 1. The quantitative estimate of drug-likeness (QED) is 0.237. The lowest BCUT2D eigenvalue weighted by Crippen LogP contribution is -2.35. The number of benzene rings is 3. The molecule has 3 aromatic carbocycles. The van der Waals surface area contributed by atoms with Crippen molar-refractivity contribution in [3.63, 3.8) is 0 Å². The van der Waals surface area contributed by atoms with Gasteiger partial charge in [0.25, 0.3) is 5.91 Å². The number of rotatable bonds is 7. The second kappa shape index (κ2) is 11.7. The van der Waals surface area contributed by atoms with Gasteiger partial charge in [0.05, 0.1) is 32.1 Å². The van der Waals surface area contributed by atoms with Crippen molar-refractivity contribution in [1.29, 1.82) is 0 Å². The number of nitrogens with one attached hydrogen (secondary N) is 2. The first-order valence-electron chi connectivity index (χ1n) is 14.0. The molecule has 3 atom stereocenters. The summed E-state index contributed by atoms with van der Waals surface area (Å²) in [7, 11) is 1.69. The largest absolute Gasteiger partial charge is 0.497 e. The maximum Gasteiger partial charge on any atom is 0.271 e. The fourth-order valence-electron chi connectivity index (χ4n) is 6.00. The number of morpholine rings is 1. The van der Waals surface area contributed by atoms with E-state index in [4.69, 9.17) is 9.47 Å². The average molecular weight is 537 g/mol. The maximum atomic E-state index is 12.8. The van der Waals surface area contributed by atoms with Crippen LogP contribution in [-0.2, 0) is 11.3 Å². The van der Waals surface area contributed by atoms with E-state index < -0.39 is 0 Å². The van der Waals surface area contributed by atoms with E-state index in [-0.39, 0.29) is 11.9 Å². The number of nitrogens with zero attached hydrogens (tertiary/aromatic N) is 2. The topological polar surface area (TPSA) is 75.2 Å². The predicted octanol–water partition coefficient (Wildman–Crippen LogP) is 5.51. The van der Waals surface area contributed by atoms with Crippen LogP contribution >= 0.6 is 0 Å². The number of hydrogen-bond donors (Lipinski definition) is 2. The van der Waals surface area contributed by atoms with Gasteiger partial charge in [0.2, 0.25) is 0 Å². The SMILES string of the molecule is COc1ccc([C@@H]2Nc3ccc(/C(C)=N\NC(=O)c4ccc(CN5CCOCC5)cc4)cc3[C@@H]3C=CC[C@@H]32)cc1. The molecule has 0 unspecified atom stereocenters. The Balaban J connectivity index is 1.13. The van der Waals surface area contributed by atoms with Crippen LogP contribution in [0.5, 0.6) is 5.75 Å². The standard InChI is InChI=1S/C33H36N4O3/c1-22(35-36-33(38)25-8-6-23(7-9-25)21-37-16-18-40-19-17-37)26-12-15-31-30(20-26)28-4-3-5-29(28)32(34-31)24-10-13-27(39-2)14-11-24/h3-4,6-15,20,28-29,32,34H,5,16-19,21H2,1-2H3,(H,36,38)/b35-22-/t28-,29+,32+/m1/s1. The third-order valence-corrected chi connectivity index (χ3v) is 8.31. The predicted molar refractivity (Wildman–Crippen MR) is 158 cm³/mol. The molecule has 40 heavy (non-hydrogen) atoms. The number of fused-ring (bicyclic) bond motifs is 3. The summed E-state index contributed by atoms with van der Waals surface area (Å²) in [6.07, 6.45) is 5.66. The Hall–Kier alpha value is -3.94. The molecule has 0 aromatic heterocycles. The zero-order chi connectivity index (χ0) is 27.5. The van der Waals surface area contributed by atoms with Crippen molar-refractivity contribution in [2.75, 3.05) is 38.7 Å². The highest BCUT2D eigenvalue weighted by atomic mass is 16.5. The van der Waals surface area contributed by atoms with E-state index in [0.717, 1.165) is 62.0 Å². The molecule has 0 bridgehead atoms. The van der Waals surface area contributed by atoms with Gasteiger partial charge in [-0.2, -0.15) is 5.10 Å². The normalized spacial score (nSPS) is 22.2. The van der Waals surface area contributed by atoms with Crippen LogP contribution in [0.4, 0.5) is 5.69 Å². The second-order valence-electron chi connectivity index (χ2n) is 10.8. The molecule has 206 valence electrons. The van der Waals surface area contributed by atoms with Crippen LogP contribution in [0.25, 0.3) is 0 Å². The third kappa shape index (κ3) is 5.53. The third-order valence-electron chi connectivity index (χ3n) is 8.31. The monoisotopic (exact) mass is 536 g/mol. The molecule has 2 heterocycles. The first kappa shape index (κ1) is 26.3. The summed E-state index contributed by atoms with van der Waals surface area (Å²) in [4.78, 5) is 15.2. The van der Waals surface area contributed by atoms with Gasteiger partial charge in [0, 0.05) is 36.8 Å². The van der Waals surface area contributed by atoms with Crippen LogP contribution in [0, 0.1) is 5.92 Å². The van der Waals surface area contributed by atoms with Crippen molar-refractivity contribution in [2.45, 2.75) is 31.8 Å².